The second-order valence-corrected chi connectivity index (χ2v) is 6.37. The number of nitrogens with zero attached hydrogens (tertiary/aromatic N) is 2. The van der Waals surface area contributed by atoms with Gasteiger partial charge in [0.05, 0.1) is 13.1 Å². The quantitative estimate of drug-likeness (QED) is 0.366. The molecule has 0 amide bonds. The van der Waals surface area contributed by atoms with E-state index in [1.807, 2.05) is 0 Å². The van der Waals surface area contributed by atoms with E-state index in [1.54, 1.807) is 0 Å². The molecular weight excluding hydrogens is 292 g/mol. The number of aryl methyl sites for hydroxylation is 2. The molecule has 22 heavy (non-hydrogen) atoms. The molecule has 0 aromatic carbocycles. The highest BCUT2D eigenvalue weighted by Gasteiger charge is 2.00. The van der Waals surface area contributed by atoms with E-state index in [0.29, 0.717) is 0 Å². The van der Waals surface area contributed by atoms with Crippen molar-refractivity contribution >= 4 is 0 Å². The topological polar surface area (TPSA) is 8.81 Å². The largest absolute Gasteiger partial charge is 1.00 e. The summed E-state index contributed by atoms with van der Waals surface area (Å²) < 4.78 is 4.56. The van der Waals surface area contributed by atoms with Crippen LogP contribution in [0, 0.1) is 0 Å². The third-order valence-electron chi connectivity index (χ3n) is 4.38. The van der Waals surface area contributed by atoms with Crippen molar-refractivity contribution in [2.75, 3.05) is 0 Å². The third-order valence-corrected chi connectivity index (χ3v) is 4.38. The summed E-state index contributed by atoms with van der Waals surface area (Å²) in [5.41, 5.74) is 0. The molecule has 0 bridgehead atoms. The van der Waals surface area contributed by atoms with Crippen molar-refractivity contribution in [2.24, 2.45) is 0 Å². The van der Waals surface area contributed by atoms with Gasteiger partial charge in [-0.05, 0) is 19.8 Å². The molecule has 1 aromatic rings. The number of aromatic nitrogens is 2. The zero-order valence-corrected chi connectivity index (χ0v) is 15.7. The van der Waals surface area contributed by atoms with Crippen molar-refractivity contribution in [1.29, 1.82) is 0 Å². The molecule has 0 radical (unpaired) electrons. The van der Waals surface area contributed by atoms with Crippen LogP contribution in [0.25, 0.3) is 0 Å². The van der Waals surface area contributed by atoms with Crippen molar-refractivity contribution in [2.45, 2.75) is 104 Å². The van der Waals surface area contributed by atoms with Crippen molar-refractivity contribution < 1.29 is 17.0 Å². The lowest BCUT2D eigenvalue weighted by Gasteiger charge is -2.02. The Morgan fingerprint density at radius 2 is 1.23 bits per heavy atom. The fraction of sp³-hybridized carbons (Fsp3) is 0.842. The smallest absolute Gasteiger partial charge is 0.243 e. The summed E-state index contributed by atoms with van der Waals surface area (Å²) in [4.78, 5) is 0. The first-order chi connectivity index (χ1) is 10.4. The van der Waals surface area contributed by atoms with Crippen molar-refractivity contribution in [3.8, 4) is 0 Å². The molecule has 0 saturated heterocycles. The van der Waals surface area contributed by atoms with Crippen LogP contribution < -0.4 is 17.0 Å². The van der Waals surface area contributed by atoms with Crippen LogP contribution in [0.2, 0.25) is 0 Å². The predicted octanol–water partition coefficient (Wildman–Crippen LogP) is 2.50. The van der Waals surface area contributed by atoms with Crippen LogP contribution in [-0.2, 0) is 13.1 Å². The van der Waals surface area contributed by atoms with E-state index < -0.39 is 0 Å². The highest BCUT2D eigenvalue weighted by atomic mass is 35.5. The number of imidazole rings is 1. The molecule has 0 atom stereocenters. The highest BCUT2D eigenvalue weighted by molar-refractivity contribution is 4.64. The second kappa shape index (κ2) is 15.4. The SMILES string of the molecule is CCCCCCCCCCCCCC[n+]1ccn(CC)c1.[Cl-]. The Morgan fingerprint density at radius 1 is 0.727 bits per heavy atom. The first-order valence-corrected chi connectivity index (χ1v) is 9.41. The average Bonchev–Trinajstić information content (AvgIpc) is 2.96. The van der Waals surface area contributed by atoms with Gasteiger partial charge < -0.3 is 12.4 Å². The van der Waals surface area contributed by atoms with Gasteiger partial charge in [0.2, 0.25) is 6.33 Å². The molecule has 3 heteroatoms. The predicted molar refractivity (Wildman–Crippen MR) is 91.4 cm³/mol. The van der Waals surface area contributed by atoms with Crippen molar-refractivity contribution in [1.82, 2.24) is 4.57 Å². The van der Waals surface area contributed by atoms with Gasteiger partial charge in [-0.15, -0.1) is 0 Å². The fourth-order valence-corrected chi connectivity index (χ4v) is 2.89. The van der Waals surface area contributed by atoms with Gasteiger partial charge in [-0.2, -0.15) is 0 Å². The number of rotatable bonds is 14. The van der Waals surface area contributed by atoms with E-state index in [2.05, 4.69) is 41.7 Å². The Kier molecular flexibility index (Phi) is 15.0. The maximum atomic E-state index is 2.32. The van der Waals surface area contributed by atoms with Gasteiger partial charge in [0, 0.05) is 0 Å². The van der Waals surface area contributed by atoms with Gasteiger partial charge in [0.25, 0.3) is 0 Å². The summed E-state index contributed by atoms with van der Waals surface area (Å²) >= 11 is 0. The molecule has 0 aliphatic carbocycles. The molecule has 0 N–H and O–H groups in total. The lowest BCUT2D eigenvalue weighted by atomic mass is 10.1. The van der Waals surface area contributed by atoms with Crippen LogP contribution in [0.1, 0.15) is 90.9 Å². The summed E-state index contributed by atoms with van der Waals surface area (Å²) in [5, 5.41) is 0. The molecule has 0 fully saturated rings. The summed E-state index contributed by atoms with van der Waals surface area (Å²) in [7, 11) is 0. The number of unbranched alkanes of at least 4 members (excludes halogenated alkanes) is 11. The van der Waals surface area contributed by atoms with Crippen LogP contribution >= 0.6 is 0 Å². The zero-order chi connectivity index (χ0) is 15.2. The maximum absolute atomic E-state index is 2.32. The van der Waals surface area contributed by atoms with E-state index >= 15 is 0 Å². The third kappa shape index (κ3) is 11.1. The highest BCUT2D eigenvalue weighted by Crippen LogP contribution is 2.11. The first kappa shape index (κ1) is 21.5. The van der Waals surface area contributed by atoms with Crippen LogP contribution in [0.5, 0.6) is 0 Å². The first-order valence-electron chi connectivity index (χ1n) is 9.41. The number of halogens is 1. The molecule has 0 saturated carbocycles. The van der Waals surface area contributed by atoms with Gasteiger partial charge in [0.1, 0.15) is 12.4 Å². The minimum absolute atomic E-state index is 0. The Bertz CT molecular complexity index is 336. The Morgan fingerprint density at radius 3 is 1.68 bits per heavy atom. The van der Waals surface area contributed by atoms with E-state index in [9.17, 15) is 0 Å². The standard InChI is InChI=1S/C19H37N2.ClH/c1-3-5-6-7-8-9-10-11-12-13-14-15-16-21-18-17-20(4-2)19-21;/h17-19H,3-16H2,1-2H3;1H/q+1;/p-1. The van der Waals surface area contributed by atoms with E-state index in [1.165, 1.54) is 83.6 Å². The summed E-state index contributed by atoms with van der Waals surface area (Å²) in [6.45, 7) is 6.74. The molecule has 1 heterocycles. The molecule has 130 valence electrons. The second-order valence-electron chi connectivity index (χ2n) is 6.37. The minimum atomic E-state index is 0. The van der Waals surface area contributed by atoms with Crippen LogP contribution in [0.15, 0.2) is 18.7 Å². The molecule has 0 aliphatic heterocycles. The molecule has 0 aliphatic rings. The van der Waals surface area contributed by atoms with Crippen LogP contribution in [-0.4, -0.2) is 4.57 Å². The Balaban J connectivity index is 0.00000441. The van der Waals surface area contributed by atoms with E-state index in [-0.39, 0.29) is 12.4 Å². The number of hydrogen-bond acceptors (Lipinski definition) is 0. The molecule has 1 rings (SSSR count). The van der Waals surface area contributed by atoms with Crippen LogP contribution in [0.3, 0.4) is 0 Å². The minimum Gasteiger partial charge on any atom is -1.00 e. The normalized spacial score (nSPS) is 10.6. The van der Waals surface area contributed by atoms with Gasteiger partial charge >= 0.3 is 0 Å². The molecule has 0 unspecified atom stereocenters. The van der Waals surface area contributed by atoms with Gasteiger partial charge in [-0.25, -0.2) is 9.13 Å². The van der Waals surface area contributed by atoms with E-state index in [4.69, 9.17) is 0 Å². The number of hydrogen-bond donors (Lipinski definition) is 0. The van der Waals surface area contributed by atoms with Gasteiger partial charge in [-0.3, -0.25) is 0 Å². The molecule has 2 nitrogen and oxygen atoms in total. The van der Waals surface area contributed by atoms with Crippen LogP contribution in [0.4, 0.5) is 0 Å². The van der Waals surface area contributed by atoms with E-state index in [0.717, 1.165) is 6.54 Å². The van der Waals surface area contributed by atoms with Gasteiger partial charge in [0.15, 0.2) is 0 Å². The van der Waals surface area contributed by atoms with Gasteiger partial charge in [-0.1, -0.05) is 71.1 Å². The lowest BCUT2D eigenvalue weighted by molar-refractivity contribution is -0.696. The molecule has 1 aromatic heterocycles. The Hall–Kier alpha value is -0.500. The average molecular weight is 329 g/mol. The molecule has 0 spiro atoms. The maximum Gasteiger partial charge on any atom is 0.243 e. The summed E-state index contributed by atoms with van der Waals surface area (Å²) in [6, 6.07) is 0. The Labute approximate surface area is 144 Å². The summed E-state index contributed by atoms with van der Waals surface area (Å²) in [5.74, 6) is 0. The van der Waals surface area contributed by atoms with Crippen molar-refractivity contribution in [3.05, 3.63) is 18.7 Å². The lowest BCUT2D eigenvalue weighted by Crippen LogP contribution is -3.00. The zero-order valence-electron chi connectivity index (χ0n) is 14.9. The fourth-order valence-electron chi connectivity index (χ4n) is 2.89. The molecular formula is C19H37ClN2. The van der Waals surface area contributed by atoms with Crippen molar-refractivity contribution in [3.63, 3.8) is 0 Å². The monoisotopic (exact) mass is 328 g/mol. The summed E-state index contributed by atoms with van der Waals surface area (Å²) in [6.07, 6.45) is 23.7.